The number of aromatic nitrogens is 1. The summed E-state index contributed by atoms with van der Waals surface area (Å²) in [6, 6.07) is 8.43. The zero-order chi connectivity index (χ0) is 16.0. The second-order valence-corrected chi connectivity index (χ2v) is 7.49. The molecule has 4 rings (SSSR count). The fourth-order valence-electron chi connectivity index (χ4n) is 4.41. The number of rotatable bonds is 2. The van der Waals surface area contributed by atoms with Gasteiger partial charge in [-0.1, -0.05) is 25.1 Å². The third-order valence-electron chi connectivity index (χ3n) is 5.91. The summed E-state index contributed by atoms with van der Waals surface area (Å²) < 4.78 is 2.12. The summed E-state index contributed by atoms with van der Waals surface area (Å²) >= 11 is 0. The molecule has 1 aliphatic heterocycles. The number of aryl methyl sites for hydroxylation is 2. The van der Waals surface area contributed by atoms with Crippen molar-refractivity contribution in [2.75, 3.05) is 19.6 Å². The fourth-order valence-corrected chi connectivity index (χ4v) is 4.41. The number of carbonyl (C=O) groups excluding carboxylic acids is 1. The molecule has 1 fully saturated rings. The molecule has 1 aromatic heterocycles. The van der Waals surface area contributed by atoms with Crippen LogP contribution in [0.2, 0.25) is 0 Å². The lowest BCUT2D eigenvalue weighted by Crippen LogP contribution is -2.40. The lowest BCUT2D eigenvalue weighted by atomic mass is 9.84. The van der Waals surface area contributed by atoms with Crippen LogP contribution < -0.4 is 0 Å². The van der Waals surface area contributed by atoms with E-state index in [4.69, 9.17) is 0 Å². The predicted octanol–water partition coefficient (Wildman–Crippen LogP) is 3.66. The third-order valence-corrected chi connectivity index (χ3v) is 5.91. The first-order valence-electron chi connectivity index (χ1n) is 8.98. The summed E-state index contributed by atoms with van der Waals surface area (Å²) in [7, 11) is 2.05. The molecule has 3 heteroatoms. The molecule has 2 aromatic rings. The van der Waals surface area contributed by atoms with E-state index in [1.165, 1.54) is 29.3 Å². The van der Waals surface area contributed by atoms with Crippen molar-refractivity contribution in [1.82, 2.24) is 9.47 Å². The lowest BCUT2D eigenvalue weighted by molar-refractivity contribution is 0.0824. The van der Waals surface area contributed by atoms with Gasteiger partial charge in [-0.2, -0.15) is 0 Å². The molecule has 2 heterocycles. The Labute approximate surface area is 138 Å². The molecule has 0 spiro atoms. The number of para-hydroxylation sites is 1. The Bertz CT molecular complexity index is 737. The third kappa shape index (κ3) is 2.51. The molecular weight excluding hydrogens is 284 g/mol. The van der Waals surface area contributed by atoms with E-state index in [0.29, 0.717) is 5.78 Å². The van der Waals surface area contributed by atoms with Gasteiger partial charge in [0.1, 0.15) is 0 Å². The van der Waals surface area contributed by atoms with E-state index in [-0.39, 0.29) is 5.92 Å². The Kier molecular flexibility index (Phi) is 3.76. The van der Waals surface area contributed by atoms with Gasteiger partial charge in [0.05, 0.1) is 5.69 Å². The van der Waals surface area contributed by atoms with E-state index in [9.17, 15) is 4.79 Å². The van der Waals surface area contributed by atoms with Crippen LogP contribution >= 0.6 is 0 Å². The van der Waals surface area contributed by atoms with E-state index in [1.807, 2.05) is 7.05 Å². The number of ketones is 1. The van der Waals surface area contributed by atoms with E-state index < -0.39 is 0 Å². The highest BCUT2D eigenvalue weighted by Gasteiger charge is 2.33. The number of likely N-dealkylation sites (tertiary alicyclic amines) is 1. The van der Waals surface area contributed by atoms with Gasteiger partial charge in [0.25, 0.3) is 0 Å². The molecule has 3 nitrogen and oxygen atoms in total. The fraction of sp³-hybridized carbons (Fsp3) is 0.550. The highest BCUT2D eigenvalue weighted by molar-refractivity contribution is 6.05. The average Bonchev–Trinajstić information content (AvgIpc) is 2.86. The molecule has 122 valence electrons. The molecule has 1 saturated heterocycles. The zero-order valence-corrected chi connectivity index (χ0v) is 14.2. The van der Waals surface area contributed by atoms with Gasteiger partial charge >= 0.3 is 0 Å². The van der Waals surface area contributed by atoms with Gasteiger partial charge in [0.15, 0.2) is 5.78 Å². The van der Waals surface area contributed by atoms with Gasteiger partial charge in [-0.05, 0) is 56.3 Å². The molecule has 1 aliphatic carbocycles. The topological polar surface area (TPSA) is 25.2 Å². The van der Waals surface area contributed by atoms with Crippen LogP contribution in [-0.2, 0) is 13.5 Å². The number of hydrogen-bond acceptors (Lipinski definition) is 2. The van der Waals surface area contributed by atoms with E-state index in [1.54, 1.807) is 0 Å². The van der Waals surface area contributed by atoms with Gasteiger partial charge in [0.2, 0.25) is 0 Å². The van der Waals surface area contributed by atoms with Crippen molar-refractivity contribution in [2.45, 2.75) is 32.6 Å². The van der Waals surface area contributed by atoms with Gasteiger partial charge in [-0.25, -0.2) is 0 Å². The number of piperidine rings is 1. The average molecular weight is 310 g/mol. The van der Waals surface area contributed by atoms with Gasteiger partial charge in [-0.15, -0.1) is 0 Å². The van der Waals surface area contributed by atoms with Crippen molar-refractivity contribution in [3.05, 3.63) is 35.5 Å². The largest absolute Gasteiger partial charge is 0.341 e. The van der Waals surface area contributed by atoms with Crippen molar-refractivity contribution in [3.63, 3.8) is 0 Å². The summed E-state index contributed by atoms with van der Waals surface area (Å²) in [5.41, 5.74) is 3.43. The number of nitrogens with zero attached hydrogens (tertiary/aromatic N) is 2. The number of Topliss-reactive ketones (excluding diaryl/α,β-unsaturated/α-hetero) is 1. The molecule has 2 aliphatic rings. The molecule has 23 heavy (non-hydrogen) atoms. The summed E-state index contributed by atoms with van der Waals surface area (Å²) in [5.74, 6) is 1.39. The normalized spacial score (nSPS) is 23.4. The second kappa shape index (κ2) is 5.79. The minimum absolute atomic E-state index is 0.180. The van der Waals surface area contributed by atoms with Crippen LogP contribution in [0.25, 0.3) is 10.9 Å². The highest BCUT2D eigenvalue weighted by Crippen LogP contribution is 2.34. The number of fused-ring (bicyclic) bond motifs is 3. The smallest absolute Gasteiger partial charge is 0.183 e. The van der Waals surface area contributed by atoms with Crippen molar-refractivity contribution >= 4 is 16.7 Å². The molecule has 1 unspecified atom stereocenters. The van der Waals surface area contributed by atoms with Crippen molar-refractivity contribution in [2.24, 2.45) is 18.9 Å². The lowest BCUT2D eigenvalue weighted by Gasteiger charge is -2.33. The van der Waals surface area contributed by atoms with Crippen LogP contribution in [0.3, 0.4) is 0 Å². The van der Waals surface area contributed by atoms with Crippen LogP contribution in [0.15, 0.2) is 24.3 Å². The molecule has 0 N–H and O–H groups in total. The standard InChI is InChI=1S/C20H26N2O/c1-14-9-11-22(12-10-14)13-15-7-8-17-16-5-3-4-6-18(16)21(2)19(17)20(15)23/h3-6,14-15H,7-13H2,1-2H3. The van der Waals surface area contributed by atoms with E-state index in [2.05, 4.69) is 40.7 Å². The zero-order valence-electron chi connectivity index (χ0n) is 14.2. The first-order valence-corrected chi connectivity index (χ1v) is 8.98. The Hall–Kier alpha value is -1.61. The van der Waals surface area contributed by atoms with Crippen LogP contribution in [0.5, 0.6) is 0 Å². The van der Waals surface area contributed by atoms with Crippen molar-refractivity contribution in [3.8, 4) is 0 Å². The molecule has 0 bridgehead atoms. The van der Waals surface area contributed by atoms with Gasteiger partial charge in [0, 0.05) is 30.4 Å². The number of hydrogen-bond donors (Lipinski definition) is 0. The summed E-state index contributed by atoms with van der Waals surface area (Å²) in [6.07, 6.45) is 4.60. The summed E-state index contributed by atoms with van der Waals surface area (Å²) in [4.78, 5) is 15.6. The van der Waals surface area contributed by atoms with Crippen LogP contribution in [0, 0.1) is 11.8 Å². The van der Waals surface area contributed by atoms with Crippen molar-refractivity contribution < 1.29 is 4.79 Å². The SMILES string of the molecule is CC1CCN(CC2CCc3c(n(C)c4ccccc34)C2=O)CC1. The Morgan fingerprint density at radius 3 is 2.65 bits per heavy atom. The molecule has 1 atom stereocenters. The van der Waals surface area contributed by atoms with Crippen molar-refractivity contribution in [1.29, 1.82) is 0 Å². The predicted molar refractivity (Wildman–Crippen MR) is 93.9 cm³/mol. The maximum Gasteiger partial charge on any atom is 0.183 e. The Morgan fingerprint density at radius 2 is 1.87 bits per heavy atom. The quantitative estimate of drug-likeness (QED) is 0.846. The van der Waals surface area contributed by atoms with Gasteiger partial charge in [-0.3, -0.25) is 4.79 Å². The Balaban J connectivity index is 1.60. The molecule has 0 amide bonds. The molecule has 0 radical (unpaired) electrons. The minimum atomic E-state index is 0.180. The minimum Gasteiger partial charge on any atom is -0.341 e. The van der Waals surface area contributed by atoms with Crippen LogP contribution in [0.4, 0.5) is 0 Å². The summed E-state index contributed by atoms with van der Waals surface area (Å²) in [6.45, 7) is 5.61. The maximum absolute atomic E-state index is 13.1. The van der Waals surface area contributed by atoms with E-state index >= 15 is 0 Å². The van der Waals surface area contributed by atoms with E-state index in [0.717, 1.165) is 44.1 Å². The summed E-state index contributed by atoms with van der Waals surface area (Å²) in [5, 5.41) is 1.27. The first kappa shape index (κ1) is 14.9. The molecule has 1 aromatic carbocycles. The first-order chi connectivity index (χ1) is 11.1. The van der Waals surface area contributed by atoms with Gasteiger partial charge < -0.3 is 9.47 Å². The molecule has 0 saturated carbocycles. The number of carbonyl (C=O) groups is 1. The molecular formula is C20H26N2O. The number of benzene rings is 1. The maximum atomic E-state index is 13.1. The van der Waals surface area contributed by atoms with Crippen LogP contribution in [0.1, 0.15) is 42.2 Å². The highest BCUT2D eigenvalue weighted by atomic mass is 16.1. The van der Waals surface area contributed by atoms with Crippen LogP contribution in [-0.4, -0.2) is 34.9 Å². The Morgan fingerprint density at radius 1 is 1.13 bits per heavy atom. The monoisotopic (exact) mass is 310 g/mol. The second-order valence-electron chi connectivity index (χ2n) is 7.49.